The molecular weight excluding hydrogens is 432 g/mol. The molecule has 0 atom stereocenters. The van der Waals surface area contributed by atoms with Gasteiger partial charge in [-0.05, 0) is 36.5 Å². The highest BCUT2D eigenvalue weighted by atomic mass is 32.2. The van der Waals surface area contributed by atoms with Crippen LogP contribution in [0.25, 0.3) is 16.3 Å². The third-order valence-corrected chi connectivity index (χ3v) is 8.67. The van der Waals surface area contributed by atoms with E-state index in [0.717, 1.165) is 35.0 Å². The summed E-state index contributed by atoms with van der Waals surface area (Å²) in [6.45, 7) is 2.55. The maximum Gasteiger partial charge on any atom is 0.259 e. The molecule has 162 valence electrons. The first-order valence-corrected chi connectivity index (χ1v) is 12.8. The number of hydrogen-bond acceptors (Lipinski definition) is 6. The molecule has 1 N–H and O–H groups in total. The number of thiophene rings is 1. The van der Waals surface area contributed by atoms with Gasteiger partial charge in [0, 0.05) is 36.5 Å². The zero-order chi connectivity index (χ0) is 21.4. The molecule has 0 spiro atoms. The fourth-order valence-electron chi connectivity index (χ4n) is 4.29. The first-order valence-electron chi connectivity index (χ1n) is 10.5. The Labute approximate surface area is 185 Å². The van der Waals surface area contributed by atoms with E-state index >= 15 is 0 Å². The molecule has 1 aliphatic heterocycles. The topological polar surface area (TPSA) is 86.4 Å². The van der Waals surface area contributed by atoms with Gasteiger partial charge in [0.25, 0.3) is 5.56 Å². The van der Waals surface area contributed by atoms with Crippen molar-refractivity contribution in [1.29, 1.82) is 0 Å². The Hall–Kier alpha value is -2.33. The maximum atomic E-state index is 12.6. The Morgan fingerprint density at radius 2 is 1.87 bits per heavy atom. The molecule has 31 heavy (non-hydrogen) atoms. The van der Waals surface area contributed by atoms with Crippen LogP contribution in [0.5, 0.6) is 0 Å². The number of nitrogens with one attached hydrogen (secondary N) is 1. The summed E-state index contributed by atoms with van der Waals surface area (Å²) >= 11 is 1.64. The number of aryl methyl sites for hydroxylation is 2. The van der Waals surface area contributed by atoms with Crippen LogP contribution in [0.1, 0.15) is 28.2 Å². The molecular formula is C22H24N4O3S2. The van der Waals surface area contributed by atoms with Crippen LogP contribution in [-0.4, -0.2) is 53.8 Å². The van der Waals surface area contributed by atoms with Gasteiger partial charge in [0.05, 0.1) is 11.9 Å². The Morgan fingerprint density at radius 1 is 1.10 bits per heavy atom. The lowest BCUT2D eigenvalue weighted by Crippen LogP contribution is -2.47. The van der Waals surface area contributed by atoms with Gasteiger partial charge in [-0.15, -0.1) is 11.3 Å². The summed E-state index contributed by atoms with van der Waals surface area (Å²) in [6.07, 6.45) is 4.75. The monoisotopic (exact) mass is 456 g/mol. The van der Waals surface area contributed by atoms with E-state index in [1.165, 1.54) is 20.2 Å². The third kappa shape index (κ3) is 4.23. The largest absolute Gasteiger partial charge is 0.309 e. The Kier molecular flexibility index (Phi) is 5.51. The number of piperazine rings is 1. The average molecular weight is 457 g/mol. The summed E-state index contributed by atoms with van der Waals surface area (Å²) in [6, 6.07) is 9.40. The Bertz CT molecular complexity index is 1290. The molecule has 2 aliphatic rings. The molecule has 1 saturated heterocycles. The molecule has 0 saturated carbocycles. The molecule has 1 fully saturated rings. The van der Waals surface area contributed by atoms with E-state index in [2.05, 4.69) is 9.88 Å². The number of fused-ring (bicyclic) bond motifs is 3. The second kappa shape index (κ2) is 8.31. The molecule has 5 rings (SSSR count). The number of benzene rings is 1. The maximum absolute atomic E-state index is 12.6. The van der Waals surface area contributed by atoms with Crippen LogP contribution in [0.2, 0.25) is 0 Å². The SMILES string of the molecule is O=c1[nH]c(CN2CCN(S(=O)(=O)/C=C/c3ccccc3)CC2)nc2sc3c(c12)CCC3. The minimum atomic E-state index is -3.46. The lowest BCUT2D eigenvalue weighted by atomic mass is 10.2. The molecule has 1 aliphatic carbocycles. The van der Waals surface area contributed by atoms with Gasteiger partial charge in [-0.25, -0.2) is 13.4 Å². The van der Waals surface area contributed by atoms with Crippen molar-refractivity contribution < 1.29 is 8.42 Å². The normalized spacial score (nSPS) is 18.2. The van der Waals surface area contributed by atoms with Crippen molar-refractivity contribution in [3.8, 4) is 0 Å². The van der Waals surface area contributed by atoms with Gasteiger partial charge >= 0.3 is 0 Å². The van der Waals surface area contributed by atoms with Crippen molar-refractivity contribution >= 4 is 37.7 Å². The van der Waals surface area contributed by atoms with Gasteiger partial charge in [-0.2, -0.15) is 4.31 Å². The van der Waals surface area contributed by atoms with Crippen LogP contribution >= 0.6 is 11.3 Å². The second-order valence-corrected chi connectivity index (χ2v) is 10.9. The van der Waals surface area contributed by atoms with Crippen LogP contribution in [0, 0.1) is 0 Å². The highest BCUT2D eigenvalue weighted by Gasteiger charge is 2.26. The number of rotatable bonds is 5. The fourth-order valence-corrected chi connectivity index (χ4v) is 6.74. The van der Waals surface area contributed by atoms with Crippen LogP contribution in [-0.2, 0) is 29.4 Å². The lowest BCUT2D eigenvalue weighted by Gasteiger charge is -2.32. The van der Waals surface area contributed by atoms with Crippen LogP contribution in [0.3, 0.4) is 0 Å². The highest BCUT2D eigenvalue weighted by Crippen LogP contribution is 2.34. The van der Waals surface area contributed by atoms with E-state index in [1.807, 2.05) is 30.3 Å². The summed E-state index contributed by atoms with van der Waals surface area (Å²) in [4.78, 5) is 24.5. The highest BCUT2D eigenvalue weighted by molar-refractivity contribution is 7.92. The van der Waals surface area contributed by atoms with E-state index in [9.17, 15) is 13.2 Å². The zero-order valence-corrected chi connectivity index (χ0v) is 18.7. The van der Waals surface area contributed by atoms with E-state index in [1.54, 1.807) is 17.4 Å². The number of nitrogens with zero attached hydrogens (tertiary/aromatic N) is 3. The third-order valence-electron chi connectivity index (χ3n) is 5.92. The van der Waals surface area contributed by atoms with Crippen LogP contribution < -0.4 is 5.56 Å². The second-order valence-electron chi connectivity index (χ2n) is 7.98. The first kappa shape index (κ1) is 20.6. The van der Waals surface area contributed by atoms with Crippen molar-refractivity contribution in [1.82, 2.24) is 19.2 Å². The molecule has 3 aromatic rings. The number of hydrogen-bond donors (Lipinski definition) is 1. The van der Waals surface area contributed by atoms with Crippen LogP contribution in [0.4, 0.5) is 0 Å². The van der Waals surface area contributed by atoms with E-state index in [-0.39, 0.29) is 5.56 Å². The van der Waals surface area contributed by atoms with Crippen molar-refractivity contribution in [2.75, 3.05) is 26.2 Å². The van der Waals surface area contributed by atoms with Crippen molar-refractivity contribution in [3.05, 3.63) is 67.9 Å². The molecule has 3 heterocycles. The average Bonchev–Trinajstić information content (AvgIpc) is 3.34. The summed E-state index contributed by atoms with van der Waals surface area (Å²) < 4.78 is 26.8. The molecule has 1 aromatic carbocycles. The van der Waals surface area contributed by atoms with Gasteiger partial charge < -0.3 is 4.98 Å². The fraction of sp³-hybridized carbons (Fsp3) is 0.364. The quantitative estimate of drug-likeness (QED) is 0.638. The molecule has 0 amide bonds. The van der Waals surface area contributed by atoms with Crippen molar-refractivity contribution in [2.24, 2.45) is 0 Å². The van der Waals surface area contributed by atoms with Gasteiger partial charge in [0.2, 0.25) is 10.0 Å². The predicted octanol–water partition coefficient (Wildman–Crippen LogP) is 2.59. The Morgan fingerprint density at radius 3 is 2.65 bits per heavy atom. The van der Waals surface area contributed by atoms with Gasteiger partial charge in [-0.3, -0.25) is 9.69 Å². The van der Waals surface area contributed by atoms with Gasteiger partial charge in [0.15, 0.2) is 0 Å². The smallest absolute Gasteiger partial charge is 0.259 e. The number of aromatic amines is 1. The number of H-pyrrole nitrogens is 1. The zero-order valence-electron chi connectivity index (χ0n) is 17.1. The minimum Gasteiger partial charge on any atom is -0.309 e. The number of aromatic nitrogens is 2. The van der Waals surface area contributed by atoms with E-state index < -0.39 is 10.0 Å². The van der Waals surface area contributed by atoms with Crippen molar-refractivity contribution in [2.45, 2.75) is 25.8 Å². The standard InChI is InChI=1S/C22H24N4O3S2/c27-21-20-17-7-4-8-18(17)30-22(20)24-19(23-21)15-25-10-12-26(13-11-25)31(28,29)14-9-16-5-2-1-3-6-16/h1-3,5-6,9,14H,4,7-8,10-13,15H2,(H,23,24,27)/b14-9+. The van der Waals surface area contributed by atoms with Gasteiger partial charge in [0.1, 0.15) is 10.7 Å². The number of sulfonamides is 1. The summed E-state index contributed by atoms with van der Waals surface area (Å²) in [5, 5.41) is 2.04. The summed E-state index contributed by atoms with van der Waals surface area (Å²) in [5.41, 5.74) is 1.99. The molecule has 0 unspecified atom stereocenters. The van der Waals surface area contributed by atoms with E-state index in [4.69, 9.17) is 4.98 Å². The molecule has 0 bridgehead atoms. The Balaban J connectivity index is 1.24. The molecule has 9 heteroatoms. The summed E-state index contributed by atoms with van der Waals surface area (Å²) in [7, 11) is -3.46. The molecule has 7 nitrogen and oxygen atoms in total. The van der Waals surface area contributed by atoms with Gasteiger partial charge in [-0.1, -0.05) is 30.3 Å². The van der Waals surface area contributed by atoms with Crippen LogP contribution in [0.15, 0.2) is 40.5 Å². The summed E-state index contributed by atoms with van der Waals surface area (Å²) in [5.74, 6) is 0.651. The van der Waals surface area contributed by atoms with E-state index in [0.29, 0.717) is 38.5 Å². The molecule has 0 radical (unpaired) electrons. The van der Waals surface area contributed by atoms with Crippen molar-refractivity contribution in [3.63, 3.8) is 0 Å². The first-order chi connectivity index (χ1) is 15.0. The minimum absolute atomic E-state index is 0.0494. The molecule has 2 aromatic heterocycles. The lowest BCUT2D eigenvalue weighted by molar-refractivity contribution is 0.179. The predicted molar refractivity (Wildman–Crippen MR) is 124 cm³/mol.